The average molecular weight is 488 g/mol. The van der Waals surface area contributed by atoms with Crippen LogP contribution >= 0.6 is 11.6 Å². The summed E-state index contributed by atoms with van der Waals surface area (Å²) in [4.78, 5) is 13.2. The second-order valence-corrected chi connectivity index (χ2v) is 7.78. The van der Waals surface area contributed by atoms with Crippen molar-refractivity contribution in [2.24, 2.45) is 0 Å². The molecule has 0 fully saturated rings. The van der Waals surface area contributed by atoms with E-state index in [9.17, 15) is 4.79 Å². The van der Waals surface area contributed by atoms with Gasteiger partial charge in [0.2, 0.25) is 0 Å². The number of para-hydroxylation sites is 1. The normalized spacial score (nSPS) is 10.9. The van der Waals surface area contributed by atoms with Crippen LogP contribution in [0, 0.1) is 24.2 Å². The van der Waals surface area contributed by atoms with E-state index < -0.39 is 6.10 Å². The van der Waals surface area contributed by atoms with Gasteiger partial charge in [-0.1, -0.05) is 66.8 Å². The fourth-order valence-electron chi connectivity index (χ4n) is 3.38. The topological polar surface area (TPSA) is 56.8 Å². The molecule has 0 saturated heterocycles. The lowest BCUT2D eigenvalue weighted by Gasteiger charge is -2.19. The van der Waals surface area contributed by atoms with Gasteiger partial charge in [-0.3, -0.25) is 4.79 Å². The Morgan fingerprint density at radius 2 is 1.80 bits per heavy atom. The first-order valence-electron chi connectivity index (χ1n) is 11.0. The molecule has 6 heteroatoms. The third-order valence-electron chi connectivity index (χ3n) is 5.01. The van der Waals surface area contributed by atoms with Crippen molar-refractivity contribution in [1.82, 2.24) is 0 Å². The van der Waals surface area contributed by atoms with E-state index in [4.69, 9.17) is 32.2 Å². The Kier molecular flexibility index (Phi) is 9.63. The molecule has 3 aromatic rings. The van der Waals surface area contributed by atoms with E-state index in [1.807, 2.05) is 49.4 Å². The number of benzene rings is 3. The van der Waals surface area contributed by atoms with Gasteiger partial charge in [-0.25, -0.2) is 0 Å². The number of hydrogen-bond acceptors (Lipinski definition) is 4. The van der Waals surface area contributed by atoms with Crippen molar-refractivity contribution in [3.8, 4) is 46.8 Å². The van der Waals surface area contributed by atoms with Crippen LogP contribution in [0.3, 0.4) is 0 Å². The van der Waals surface area contributed by atoms with Crippen LogP contribution in [0.15, 0.2) is 66.7 Å². The largest absolute Gasteiger partial charge is 0.493 e. The first-order valence-corrected chi connectivity index (χ1v) is 11.4. The van der Waals surface area contributed by atoms with E-state index >= 15 is 0 Å². The van der Waals surface area contributed by atoms with Crippen LogP contribution in [-0.4, -0.2) is 26.2 Å². The molecule has 0 bridgehead atoms. The Hall–Kier alpha value is -3.90. The predicted molar refractivity (Wildman–Crippen MR) is 140 cm³/mol. The van der Waals surface area contributed by atoms with Crippen molar-refractivity contribution in [1.29, 1.82) is 0 Å². The summed E-state index contributed by atoms with van der Waals surface area (Å²) in [6, 6.07) is 20.0. The molecule has 1 amide bonds. The highest BCUT2D eigenvalue weighted by molar-refractivity contribution is 6.30. The molecule has 3 aromatic carbocycles. The zero-order valence-electron chi connectivity index (χ0n) is 19.6. The van der Waals surface area contributed by atoms with Crippen LogP contribution in [0.1, 0.15) is 25.0 Å². The van der Waals surface area contributed by atoms with Gasteiger partial charge in [-0.05, 0) is 41.5 Å². The van der Waals surface area contributed by atoms with Gasteiger partial charge in [-0.15, -0.1) is 12.3 Å². The van der Waals surface area contributed by atoms with Crippen LogP contribution in [0.5, 0.6) is 11.5 Å². The fourth-order valence-corrected chi connectivity index (χ4v) is 3.50. The Balaban J connectivity index is 1.87. The molecule has 3 rings (SSSR count). The number of methoxy groups -OCH3 is 1. The molecular weight excluding hydrogens is 462 g/mol. The number of terminal acetylenes is 1. The van der Waals surface area contributed by atoms with Gasteiger partial charge >= 0.3 is 0 Å². The smallest absolute Gasteiger partial charge is 0.258 e. The Morgan fingerprint density at radius 3 is 2.51 bits per heavy atom. The molecular formula is C29H26ClNO4. The second kappa shape index (κ2) is 13.1. The van der Waals surface area contributed by atoms with Crippen molar-refractivity contribution in [3.63, 3.8) is 0 Å². The van der Waals surface area contributed by atoms with Gasteiger partial charge in [0.05, 0.1) is 7.11 Å². The lowest BCUT2D eigenvalue weighted by molar-refractivity contribution is -0.126. The molecule has 0 radical (unpaired) electrons. The summed E-state index contributed by atoms with van der Waals surface area (Å²) in [6.45, 7) is 2.25. The van der Waals surface area contributed by atoms with Gasteiger partial charge in [0.1, 0.15) is 13.2 Å². The maximum atomic E-state index is 13.2. The molecule has 0 spiro atoms. The maximum absolute atomic E-state index is 13.2. The number of anilines is 1. The highest BCUT2D eigenvalue weighted by Crippen LogP contribution is 2.36. The molecule has 0 heterocycles. The molecule has 35 heavy (non-hydrogen) atoms. The molecule has 1 unspecified atom stereocenters. The van der Waals surface area contributed by atoms with Crippen molar-refractivity contribution in [2.75, 3.05) is 25.6 Å². The molecule has 178 valence electrons. The Morgan fingerprint density at radius 1 is 1.03 bits per heavy atom. The molecule has 0 aliphatic heterocycles. The van der Waals surface area contributed by atoms with Crippen LogP contribution in [0.4, 0.5) is 5.69 Å². The zero-order valence-corrected chi connectivity index (χ0v) is 20.4. The molecule has 0 aromatic heterocycles. The number of amides is 1. The third-order valence-corrected chi connectivity index (χ3v) is 5.26. The first-order chi connectivity index (χ1) is 17.1. The monoisotopic (exact) mass is 487 g/mol. The minimum absolute atomic E-state index is 0.0103. The summed E-state index contributed by atoms with van der Waals surface area (Å²) in [5.74, 6) is 9.14. The van der Waals surface area contributed by atoms with E-state index in [0.29, 0.717) is 27.8 Å². The Labute approximate surface area is 211 Å². The fraction of sp³-hybridized carbons (Fsp3) is 0.207. The quantitative estimate of drug-likeness (QED) is 0.368. The van der Waals surface area contributed by atoms with Gasteiger partial charge in [0, 0.05) is 22.7 Å². The van der Waals surface area contributed by atoms with E-state index in [-0.39, 0.29) is 19.1 Å². The Bertz CT molecular complexity index is 1250. The van der Waals surface area contributed by atoms with Gasteiger partial charge < -0.3 is 19.5 Å². The lowest BCUT2D eigenvalue weighted by atomic mass is 10.0. The zero-order chi connectivity index (χ0) is 25.0. The van der Waals surface area contributed by atoms with Crippen molar-refractivity contribution in [3.05, 3.63) is 77.3 Å². The number of nitrogens with one attached hydrogen (secondary N) is 1. The molecule has 5 nitrogen and oxygen atoms in total. The van der Waals surface area contributed by atoms with Crippen LogP contribution in [0.25, 0.3) is 11.1 Å². The van der Waals surface area contributed by atoms with Gasteiger partial charge in [0.25, 0.3) is 5.91 Å². The van der Waals surface area contributed by atoms with Crippen molar-refractivity contribution >= 4 is 23.2 Å². The molecule has 0 aliphatic rings. The number of carbonyl (C=O) groups is 1. The van der Waals surface area contributed by atoms with E-state index in [1.54, 1.807) is 31.4 Å². The molecule has 0 aliphatic carbocycles. The predicted octanol–water partition coefficient (Wildman–Crippen LogP) is 6.14. The summed E-state index contributed by atoms with van der Waals surface area (Å²) in [7, 11) is 1.58. The minimum atomic E-state index is -0.897. The molecule has 0 saturated carbocycles. The number of ether oxygens (including phenoxy) is 3. The average Bonchev–Trinajstić information content (AvgIpc) is 2.88. The van der Waals surface area contributed by atoms with E-state index in [0.717, 1.165) is 17.5 Å². The first kappa shape index (κ1) is 25.7. The highest BCUT2D eigenvalue weighted by atomic mass is 35.5. The summed E-state index contributed by atoms with van der Waals surface area (Å²) >= 11 is 6.00. The summed E-state index contributed by atoms with van der Waals surface area (Å²) in [6.07, 6.45) is 5.23. The number of halogens is 1. The summed E-state index contributed by atoms with van der Waals surface area (Å²) in [5, 5.41) is 3.54. The minimum Gasteiger partial charge on any atom is -0.493 e. The van der Waals surface area contributed by atoms with Crippen molar-refractivity contribution < 1.29 is 19.0 Å². The summed E-state index contributed by atoms with van der Waals surface area (Å²) < 4.78 is 16.9. The van der Waals surface area contributed by atoms with Crippen molar-refractivity contribution in [2.45, 2.75) is 19.4 Å². The number of rotatable bonds is 9. The van der Waals surface area contributed by atoms with Crippen LogP contribution in [-0.2, 0) is 9.53 Å². The lowest BCUT2D eigenvalue weighted by Crippen LogP contribution is -2.24. The highest BCUT2D eigenvalue weighted by Gasteiger charge is 2.22. The van der Waals surface area contributed by atoms with E-state index in [1.165, 1.54) is 0 Å². The number of carbonyl (C=O) groups excluding carboxylic acids is 1. The second-order valence-electron chi connectivity index (χ2n) is 7.34. The maximum Gasteiger partial charge on any atom is 0.258 e. The third kappa shape index (κ3) is 7.04. The summed E-state index contributed by atoms with van der Waals surface area (Å²) in [5.41, 5.74) is 2.92. The van der Waals surface area contributed by atoms with Gasteiger partial charge in [0.15, 0.2) is 17.6 Å². The number of hydrogen-bond donors (Lipinski definition) is 1. The standard InChI is InChI=1S/C29H26ClNO4/c1-4-6-9-19-34-26-17-14-22(20-27(26)33-3)24-10-7-8-11-25(24)31-29(32)28(35-18-5-2)21-12-15-23(30)16-13-21/h2,7-8,10-17,20,28H,4,18-19H2,1,3H3,(H,31,32). The van der Waals surface area contributed by atoms with Gasteiger partial charge in [-0.2, -0.15) is 0 Å². The molecule has 1 atom stereocenters. The SMILES string of the molecule is C#CCOC(C(=O)Nc1ccccc1-c1ccc(OCC#CCC)c(OC)c1)c1ccc(Cl)cc1. The van der Waals surface area contributed by atoms with Crippen LogP contribution in [0.2, 0.25) is 5.02 Å². The van der Waals surface area contributed by atoms with Crippen LogP contribution < -0.4 is 14.8 Å². The molecule has 1 N–H and O–H groups in total. The van der Waals surface area contributed by atoms with E-state index in [2.05, 4.69) is 23.1 Å².